The van der Waals surface area contributed by atoms with E-state index in [0.29, 0.717) is 23.6 Å². The fourth-order valence-corrected chi connectivity index (χ4v) is 3.94. The number of aryl methyl sites for hydroxylation is 2. The zero-order valence-corrected chi connectivity index (χ0v) is 13.0. The van der Waals surface area contributed by atoms with Crippen molar-refractivity contribution in [3.63, 3.8) is 0 Å². The van der Waals surface area contributed by atoms with Gasteiger partial charge in [-0.15, -0.1) is 0 Å². The van der Waals surface area contributed by atoms with Gasteiger partial charge in [-0.3, -0.25) is 10.1 Å². The highest BCUT2D eigenvalue weighted by Crippen LogP contribution is 2.53. The molecule has 5 heteroatoms. The molecule has 1 N–H and O–H groups in total. The van der Waals surface area contributed by atoms with Crippen LogP contribution in [0.4, 0.5) is 11.4 Å². The summed E-state index contributed by atoms with van der Waals surface area (Å²) in [5, 5.41) is 14.6. The van der Waals surface area contributed by atoms with Gasteiger partial charge in [-0.05, 0) is 31.9 Å². The van der Waals surface area contributed by atoms with E-state index in [-0.39, 0.29) is 16.0 Å². The third-order valence-electron chi connectivity index (χ3n) is 5.15. The Bertz CT molecular complexity index is 597. The van der Waals surface area contributed by atoms with Crippen molar-refractivity contribution in [2.45, 2.75) is 46.3 Å². The summed E-state index contributed by atoms with van der Waals surface area (Å²) < 4.78 is 5.81. The summed E-state index contributed by atoms with van der Waals surface area (Å²) in [6, 6.07) is 3.92. The summed E-state index contributed by atoms with van der Waals surface area (Å²) >= 11 is 0. The normalized spacial score (nSPS) is 29.6. The molecule has 1 saturated carbocycles. The molecule has 1 saturated heterocycles. The molecule has 0 bridgehead atoms. The SMILES string of the molecule is Cc1cc([N+](=O)[O-])c(C)cc1NC1C2CCOC2C1(C)C. The first kappa shape index (κ1) is 14.3. The van der Waals surface area contributed by atoms with Crippen molar-refractivity contribution < 1.29 is 9.66 Å². The highest BCUT2D eigenvalue weighted by molar-refractivity contribution is 5.60. The van der Waals surface area contributed by atoms with E-state index in [1.807, 2.05) is 13.0 Å². The highest BCUT2D eigenvalue weighted by atomic mass is 16.6. The Labute approximate surface area is 124 Å². The second-order valence-corrected chi connectivity index (χ2v) is 6.90. The van der Waals surface area contributed by atoms with Crippen LogP contribution in [-0.4, -0.2) is 23.7 Å². The van der Waals surface area contributed by atoms with Gasteiger partial charge in [0.15, 0.2) is 0 Å². The van der Waals surface area contributed by atoms with E-state index < -0.39 is 0 Å². The van der Waals surface area contributed by atoms with Crippen LogP contribution in [0.1, 0.15) is 31.4 Å². The molecule has 3 unspecified atom stereocenters. The number of nitrogens with one attached hydrogen (secondary N) is 1. The number of anilines is 1. The number of rotatable bonds is 3. The molecule has 2 aliphatic rings. The molecule has 21 heavy (non-hydrogen) atoms. The van der Waals surface area contributed by atoms with Gasteiger partial charge in [0.25, 0.3) is 5.69 Å². The van der Waals surface area contributed by atoms with Crippen LogP contribution in [0.2, 0.25) is 0 Å². The largest absolute Gasteiger partial charge is 0.381 e. The lowest BCUT2D eigenvalue weighted by molar-refractivity contribution is -0.385. The first-order valence-corrected chi connectivity index (χ1v) is 7.46. The number of fused-ring (bicyclic) bond motifs is 1. The minimum absolute atomic E-state index is 0.100. The maximum atomic E-state index is 11.0. The second-order valence-electron chi connectivity index (χ2n) is 6.90. The zero-order chi connectivity index (χ0) is 15.4. The van der Waals surface area contributed by atoms with Crippen LogP contribution < -0.4 is 5.32 Å². The molecule has 114 valence electrons. The van der Waals surface area contributed by atoms with E-state index in [1.165, 1.54) is 0 Å². The van der Waals surface area contributed by atoms with Crippen LogP contribution in [0, 0.1) is 35.3 Å². The van der Waals surface area contributed by atoms with E-state index in [0.717, 1.165) is 24.3 Å². The molecular formula is C16H22N2O3. The lowest BCUT2D eigenvalue weighted by atomic mass is 9.57. The van der Waals surface area contributed by atoms with Crippen LogP contribution in [0.5, 0.6) is 0 Å². The maximum absolute atomic E-state index is 11.0. The summed E-state index contributed by atoms with van der Waals surface area (Å²) in [6.45, 7) is 9.00. The third kappa shape index (κ3) is 2.11. The van der Waals surface area contributed by atoms with E-state index in [1.54, 1.807) is 13.0 Å². The van der Waals surface area contributed by atoms with Gasteiger partial charge in [0.05, 0.1) is 11.0 Å². The van der Waals surface area contributed by atoms with Gasteiger partial charge < -0.3 is 10.1 Å². The Morgan fingerprint density at radius 3 is 2.71 bits per heavy atom. The van der Waals surface area contributed by atoms with Crippen molar-refractivity contribution in [3.05, 3.63) is 33.4 Å². The van der Waals surface area contributed by atoms with Gasteiger partial charge in [-0.2, -0.15) is 0 Å². The van der Waals surface area contributed by atoms with Crippen molar-refractivity contribution in [2.75, 3.05) is 11.9 Å². The molecule has 0 aromatic heterocycles. The number of benzene rings is 1. The molecule has 0 spiro atoms. The standard InChI is InChI=1S/C16H22N2O3/c1-9-8-13(18(19)20)10(2)7-12(9)17-14-11-5-6-21-15(11)16(14,3)4/h7-8,11,14-15,17H,5-6H2,1-4H3. The summed E-state index contributed by atoms with van der Waals surface area (Å²) in [5.74, 6) is 0.551. The van der Waals surface area contributed by atoms with Crippen LogP contribution in [-0.2, 0) is 4.74 Å². The van der Waals surface area contributed by atoms with Gasteiger partial charge in [-0.1, -0.05) is 13.8 Å². The number of ether oxygens (including phenoxy) is 1. The molecule has 3 atom stereocenters. The first-order chi connectivity index (χ1) is 9.82. The lowest BCUT2D eigenvalue weighted by Gasteiger charge is -2.55. The van der Waals surface area contributed by atoms with Crippen molar-refractivity contribution in [2.24, 2.45) is 11.3 Å². The van der Waals surface area contributed by atoms with Gasteiger partial charge >= 0.3 is 0 Å². The van der Waals surface area contributed by atoms with Gasteiger partial charge in [-0.25, -0.2) is 0 Å². The Morgan fingerprint density at radius 1 is 1.33 bits per heavy atom. The molecule has 5 nitrogen and oxygen atoms in total. The number of hydrogen-bond donors (Lipinski definition) is 1. The van der Waals surface area contributed by atoms with Crippen molar-refractivity contribution >= 4 is 11.4 Å². The van der Waals surface area contributed by atoms with Crippen molar-refractivity contribution in [1.29, 1.82) is 0 Å². The van der Waals surface area contributed by atoms with Crippen LogP contribution >= 0.6 is 0 Å². The minimum Gasteiger partial charge on any atom is -0.381 e. The molecule has 1 aromatic rings. The van der Waals surface area contributed by atoms with E-state index >= 15 is 0 Å². The lowest BCUT2D eigenvalue weighted by Crippen LogP contribution is -2.63. The monoisotopic (exact) mass is 290 g/mol. The smallest absolute Gasteiger partial charge is 0.272 e. The fraction of sp³-hybridized carbons (Fsp3) is 0.625. The van der Waals surface area contributed by atoms with Gasteiger partial charge in [0.1, 0.15) is 0 Å². The number of nitro benzene ring substituents is 1. The Morgan fingerprint density at radius 2 is 2.05 bits per heavy atom. The molecule has 2 fully saturated rings. The van der Waals surface area contributed by atoms with E-state index in [9.17, 15) is 10.1 Å². The topological polar surface area (TPSA) is 64.4 Å². The Kier molecular flexibility index (Phi) is 3.20. The summed E-state index contributed by atoms with van der Waals surface area (Å²) in [7, 11) is 0. The number of nitro groups is 1. The predicted octanol–water partition coefficient (Wildman–Crippen LogP) is 3.44. The average Bonchev–Trinajstić information content (AvgIpc) is 2.85. The number of hydrogen-bond acceptors (Lipinski definition) is 4. The Balaban J connectivity index is 1.86. The van der Waals surface area contributed by atoms with Crippen LogP contribution in [0.3, 0.4) is 0 Å². The molecule has 3 rings (SSSR count). The molecule has 1 aliphatic carbocycles. The van der Waals surface area contributed by atoms with E-state index in [4.69, 9.17) is 4.74 Å². The van der Waals surface area contributed by atoms with Crippen LogP contribution in [0.15, 0.2) is 12.1 Å². The van der Waals surface area contributed by atoms with Crippen molar-refractivity contribution in [3.8, 4) is 0 Å². The molecule has 1 aliphatic heterocycles. The van der Waals surface area contributed by atoms with Crippen LogP contribution in [0.25, 0.3) is 0 Å². The highest BCUT2D eigenvalue weighted by Gasteiger charge is 2.59. The second kappa shape index (κ2) is 4.70. The summed E-state index contributed by atoms with van der Waals surface area (Å²) in [5.41, 5.74) is 2.91. The molecule has 0 amide bonds. The predicted molar refractivity (Wildman–Crippen MR) is 81.6 cm³/mol. The average molecular weight is 290 g/mol. The maximum Gasteiger partial charge on any atom is 0.272 e. The summed E-state index contributed by atoms with van der Waals surface area (Å²) in [6.07, 6.45) is 1.44. The minimum atomic E-state index is -0.319. The van der Waals surface area contributed by atoms with Gasteiger partial charge in [0, 0.05) is 41.3 Å². The molecule has 1 heterocycles. The van der Waals surface area contributed by atoms with E-state index in [2.05, 4.69) is 19.2 Å². The summed E-state index contributed by atoms with van der Waals surface area (Å²) in [4.78, 5) is 10.7. The molecule has 1 aromatic carbocycles. The quantitative estimate of drug-likeness (QED) is 0.684. The Hall–Kier alpha value is -1.62. The van der Waals surface area contributed by atoms with Crippen molar-refractivity contribution in [1.82, 2.24) is 0 Å². The first-order valence-electron chi connectivity index (χ1n) is 7.46. The molecular weight excluding hydrogens is 268 g/mol. The third-order valence-corrected chi connectivity index (χ3v) is 5.15. The zero-order valence-electron chi connectivity index (χ0n) is 13.0. The van der Waals surface area contributed by atoms with Gasteiger partial charge in [0.2, 0.25) is 0 Å². The molecule has 0 radical (unpaired) electrons. The fourth-order valence-electron chi connectivity index (χ4n) is 3.94. The number of nitrogens with zero attached hydrogens (tertiary/aromatic N) is 1.